The van der Waals surface area contributed by atoms with Crippen LogP contribution in [0.5, 0.6) is 5.75 Å². The molecule has 1 saturated heterocycles. The minimum absolute atomic E-state index is 0.522. The summed E-state index contributed by atoms with van der Waals surface area (Å²) in [5.41, 5.74) is 1.16. The smallest absolute Gasteiger partial charge is 0.193 e. The topological polar surface area (TPSA) is 49.3 Å². The fourth-order valence-corrected chi connectivity index (χ4v) is 3.11. The molecular formula is C21H36N4O2. The summed E-state index contributed by atoms with van der Waals surface area (Å²) >= 11 is 0. The molecule has 0 spiro atoms. The van der Waals surface area contributed by atoms with Crippen LogP contribution in [0.1, 0.15) is 19.4 Å². The molecule has 0 aromatic heterocycles. The standard InChI is InChI=1S/C21H36N4O2/c1-5-22-21(23-16-18(2)17-25-11-13-26-14-12-25)24(4)10-15-27-20-9-7-6-8-19(20)3/h6-9,18H,5,10-17H2,1-4H3,(H,22,23). The van der Waals surface area contributed by atoms with Gasteiger partial charge in [-0.2, -0.15) is 0 Å². The molecule has 1 atom stereocenters. The second-order valence-electron chi connectivity index (χ2n) is 7.25. The van der Waals surface area contributed by atoms with Crippen molar-refractivity contribution < 1.29 is 9.47 Å². The van der Waals surface area contributed by atoms with Crippen molar-refractivity contribution in [3.63, 3.8) is 0 Å². The summed E-state index contributed by atoms with van der Waals surface area (Å²) in [4.78, 5) is 9.45. The van der Waals surface area contributed by atoms with Crippen LogP contribution in [0.2, 0.25) is 0 Å². The maximum absolute atomic E-state index is 5.92. The Morgan fingerprint density at radius 2 is 2.07 bits per heavy atom. The third-order valence-corrected chi connectivity index (χ3v) is 4.70. The van der Waals surface area contributed by atoms with Gasteiger partial charge in [-0.1, -0.05) is 25.1 Å². The van der Waals surface area contributed by atoms with Gasteiger partial charge in [0.1, 0.15) is 12.4 Å². The monoisotopic (exact) mass is 376 g/mol. The van der Waals surface area contributed by atoms with Crippen LogP contribution in [-0.2, 0) is 4.74 Å². The van der Waals surface area contributed by atoms with E-state index in [9.17, 15) is 0 Å². The first kappa shape index (κ1) is 21.5. The number of benzene rings is 1. The number of nitrogens with zero attached hydrogens (tertiary/aromatic N) is 3. The summed E-state index contributed by atoms with van der Waals surface area (Å²) in [6.07, 6.45) is 0. The Morgan fingerprint density at radius 1 is 1.33 bits per heavy atom. The quantitative estimate of drug-likeness (QED) is 0.529. The molecule has 1 fully saturated rings. The fraction of sp³-hybridized carbons (Fsp3) is 0.667. The molecule has 0 bridgehead atoms. The number of hydrogen-bond acceptors (Lipinski definition) is 4. The average Bonchev–Trinajstić information content (AvgIpc) is 2.67. The van der Waals surface area contributed by atoms with Gasteiger partial charge in [0.15, 0.2) is 5.96 Å². The number of aryl methyl sites for hydroxylation is 1. The normalized spacial score (nSPS) is 16.8. The highest BCUT2D eigenvalue weighted by Gasteiger charge is 2.14. The Morgan fingerprint density at radius 3 is 2.78 bits per heavy atom. The molecule has 152 valence electrons. The van der Waals surface area contributed by atoms with Crippen LogP contribution >= 0.6 is 0 Å². The van der Waals surface area contributed by atoms with Gasteiger partial charge in [-0.15, -0.1) is 0 Å². The molecule has 0 radical (unpaired) electrons. The van der Waals surface area contributed by atoms with Gasteiger partial charge in [0, 0.05) is 39.8 Å². The van der Waals surface area contributed by atoms with Crippen molar-refractivity contribution in [2.24, 2.45) is 10.9 Å². The highest BCUT2D eigenvalue weighted by molar-refractivity contribution is 5.79. The zero-order chi connectivity index (χ0) is 19.5. The number of morpholine rings is 1. The van der Waals surface area contributed by atoms with Gasteiger partial charge in [-0.05, 0) is 31.4 Å². The number of ether oxygens (including phenoxy) is 2. The van der Waals surface area contributed by atoms with Crippen LogP contribution in [-0.4, -0.2) is 81.9 Å². The largest absolute Gasteiger partial charge is 0.491 e. The maximum atomic E-state index is 5.92. The molecule has 6 heteroatoms. The Balaban J connectivity index is 1.79. The van der Waals surface area contributed by atoms with Crippen LogP contribution in [0.3, 0.4) is 0 Å². The van der Waals surface area contributed by atoms with Crippen LogP contribution in [0.15, 0.2) is 29.3 Å². The van der Waals surface area contributed by atoms with E-state index in [4.69, 9.17) is 14.5 Å². The maximum Gasteiger partial charge on any atom is 0.193 e. The van der Waals surface area contributed by atoms with Crippen molar-refractivity contribution >= 4 is 5.96 Å². The van der Waals surface area contributed by atoms with Gasteiger partial charge < -0.3 is 19.7 Å². The predicted molar refractivity (Wildman–Crippen MR) is 112 cm³/mol. The van der Waals surface area contributed by atoms with Crippen molar-refractivity contribution in [1.82, 2.24) is 15.1 Å². The minimum atomic E-state index is 0.522. The average molecular weight is 377 g/mol. The van der Waals surface area contributed by atoms with E-state index in [1.54, 1.807) is 0 Å². The zero-order valence-corrected chi connectivity index (χ0v) is 17.4. The van der Waals surface area contributed by atoms with Gasteiger partial charge in [0.2, 0.25) is 0 Å². The molecule has 1 aliphatic heterocycles. The molecule has 0 amide bonds. The molecule has 6 nitrogen and oxygen atoms in total. The molecule has 1 unspecified atom stereocenters. The summed E-state index contributed by atoms with van der Waals surface area (Å²) < 4.78 is 11.3. The van der Waals surface area contributed by atoms with Crippen LogP contribution in [0.4, 0.5) is 0 Å². The lowest BCUT2D eigenvalue weighted by Gasteiger charge is -2.29. The number of guanidine groups is 1. The summed E-state index contributed by atoms with van der Waals surface area (Å²) in [6, 6.07) is 8.12. The van der Waals surface area contributed by atoms with Crippen LogP contribution < -0.4 is 10.1 Å². The van der Waals surface area contributed by atoms with Gasteiger partial charge in [0.05, 0.1) is 19.8 Å². The van der Waals surface area contributed by atoms with Gasteiger partial charge in [-0.25, -0.2) is 0 Å². The highest BCUT2D eigenvalue weighted by Crippen LogP contribution is 2.15. The highest BCUT2D eigenvalue weighted by atomic mass is 16.5. The van der Waals surface area contributed by atoms with E-state index < -0.39 is 0 Å². The SMILES string of the molecule is CCNC(=NCC(C)CN1CCOCC1)N(C)CCOc1ccccc1C. The Hall–Kier alpha value is -1.79. The molecule has 2 rings (SSSR count). The van der Waals surface area contributed by atoms with E-state index in [-0.39, 0.29) is 0 Å². The molecule has 0 saturated carbocycles. The van der Waals surface area contributed by atoms with E-state index in [0.29, 0.717) is 12.5 Å². The molecule has 27 heavy (non-hydrogen) atoms. The van der Waals surface area contributed by atoms with E-state index in [2.05, 4.69) is 49.0 Å². The van der Waals surface area contributed by atoms with E-state index in [0.717, 1.165) is 69.8 Å². The summed E-state index contributed by atoms with van der Waals surface area (Å²) in [7, 11) is 2.06. The minimum Gasteiger partial charge on any atom is -0.491 e. The van der Waals surface area contributed by atoms with Crippen molar-refractivity contribution in [3.05, 3.63) is 29.8 Å². The van der Waals surface area contributed by atoms with Crippen LogP contribution in [0.25, 0.3) is 0 Å². The second-order valence-corrected chi connectivity index (χ2v) is 7.25. The lowest BCUT2D eigenvalue weighted by molar-refractivity contribution is 0.0323. The van der Waals surface area contributed by atoms with Crippen molar-refractivity contribution in [2.45, 2.75) is 20.8 Å². The number of nitrogens with one attached hydrogen (secondary N) is 1. The molecule has 1 aromatic rings. The van der Waals surface area contributed by atoms with Crippen LogP contribution in [0, 0.1) is 12.8 Å². The summed E-state index contributed by atoms with van der Waals surface area (Å²) in [6.45, 7) is 14.4. The summed E-state index contributed by atoms with van der Waals surface area (Å²) in [5, 5.41) is 3.39. The molecule has 1 heterocycles. The van der Waals surface area contributed by atoms with Crippen molar-refractivity contribution in [2.75, 3.05) is 66.1 Å². The van der Waals surface area contributed by atoms with Crippen molar-refractivity contribution in [1.29, 1.82) is 0 Å². The Bertz CT molecular complexity index is 573. The van der Waals surface area contributed by atoms with Crippen molar-refractivity contribution in [3.8, 4) is 5.75 Å². The third-order valence-electron chi connectivity index (χ3n) is 4.70. The lowest BCUT2D eigenvalue weighted by atomic mass is 10.1. The third kappa shape index (κ3) is 7.77. The Labute approximate surface area is 164 Å². The number of rotatable bonds is 9. The molecule has 0 aliphatic carbocycles. The second kappa shape index (κ2) is 11.8. The molecule has 1 aliphatic rings. The number of aliphatic imine (C=N–C) groups is 1. The van der Waals surface area contributed by atoms with E-state index in [1.807, 2.05) is 18.2 Å². The number of para-hydroxylation sites is 1. The number of hydrogen-bond donors (Lipinski definition) is 1. The van der Waals surface area contributed by atoms with E-state index in [1.165, 1.54) is 0 Å². The van der Waals surface area contributed by atoms with Gasteiger partial charge >= 0.3 is 0 Å². The molecular weight excluding hydrogens is 340 g/mol. The first-order valence-corrected chi connectivity index (χ1v) is 10.1. The summed E-state index contributed by atoms with van der Waals surface area (Å²) in [5.74, 6) is 2.42. The predicted octanol–water partition coefficient (Wildman–Crippen LogP) is 2.24. The first-order valence-electron chi connectivity index (χ1n) is 10.1. The van der Waals surface area contributed by atoms with E-state index >= 15 is 0 Å². The number of likely N-dealkylation sites (N-methyl/N-ethyl adjacent to an activating group) is 1. The first-order chi connectivity index (χ1) is 13.1. The zero-order valence-electron chi connectivity index (χ0n) is 17.4. The fourth-order valence-electron chi connectivity index (χ4n) is 3.11. The lowest BCUT2D eigenvalue weighted by Crippen LogP contribution is -2.42. The van der Waals surface area contributed by atoms with Gasteiger partial charge in [-0.3, -0.25) is 9.89 Å². The molecule has 1 N–H and O–H groups in total. The molecule has 1 aromatic carbocycles. The van der Waals surface area contributed by atoms with Gasteiger partial charge in [0.25, 0.3) is 0 Å². The Kier molecular flexibility index (Phi) is 9.42.